The lowest BCUT2D eigenvalue weighted by molar-refractivity contribution is -0.134. The van der Waals surface area contributed by atoms with Crippen LogP contribution >= 0.6 is 0 Å². The molecule has 1 aromatic rings. The van der Waals surface area contributed by atoms with Crippen LogP contribution in [0, 0.1) is 6.92 Å². The van der Waals surface area contributed by atoms with Gasteiger partial charge in [-0.2, -0.15) is 0 Å². The largest absolute Gasteiger partial charge is 0.336 e. The zero-order chi connectivity index (χ0) is 18.6. The van der Waals surface area contributed by atoms with Crippen molar-refractivity contribution in [2.45, 2.75) is 52.1 Å². The summed E-state index contributed by atoms with van der Waals surface area (Å²) in [5.74, 6) is -2.36. The molecule has 1 aliphatic rings. The summed E-state index contributed by atoms with van der Waals surface area (Å²) in [6.07, 6.45) is 2.80. The van der Waals surface area contributed by atoms with Crippen LogP contribution in [0.15, 0.2) is 24.3 Å². The van der Waals surface area contributed by atoms with Crippen molar-refractivity contribution in [1.29, 1.82) is 0 Å². The van der Waals surface area contributed by atoms with E-state index in [4.69, 9.17) is 0 Å². The Kier molecular flexibility index (Phi) is 6.21. The Morgan fingerprint density at radius 1 is 1.08 bits per heavy atom. The molecule has 0 radical (unpaired) electrons. The smallest absolute Gasteiger partial charge is 0.239 e. The third-order valence-electron chi connectivity index (χ3n) is 4.51. The molecule has 0 saturated carbocycles. The van der Waals surface area contributed by atoms with E-state index in [0.717, 1.165) is 24.8 Å². The van der Waals surface area contributed by atoms with Crippen LogP contribution in [0.1, 0.15) is 38.7 Å². The Morgan fingerprint density at radius 2 is 1.64 bits per heavy atom. The lowest BCUT2D eigenvalue weighted by atomic mass is 9.98. The standard InChI is InChI=1S/C18H26N2O4S/c1-13-7-9-16(10-8-13)19-17(21)11-25(23,24)12-18(22)20-14(2)5-4-6-15(20)3/h7-10,14-15H,4-6,11-12H2,1-3H3,(H,19,21). The van der Waals surface area contributed by atoms with E-state index in [1.54, 1.807) is 17.0 Å². The maximum Gasteiger partial charge on any atom is 0.239 e. The van der Waals surface area contributed by atoms with Gasteiger partial charge in [0, 0.05) is 17.8 Å². The molecule has 6 nitrogen and oxygen atoms in total. The SMILES string of the molecule is Cc1ccc(NC(=O)CS(=O)(=O)CC(=O)N2C(C)CCCC2C)cc1. The fourth-order valence-electron chi connectivity index (χ4n) is 3.26. The van der Waals surface area contributed by atoms with Crippen molar-refractivity contribution in [3.63, 3.8) is 0 Å². The highest BCUT2D eigenvalue weighted by atomic mass is 32.2. The number of rotatable bonds is 5. The number of carbonyl (C=O) groups is 2. The zero-order valence-corrected chi connectivity index (χ0v) is 15.8. The molecule has 2 atom stereocenters. The number of sulfone groups is 1. The monoisotopic (exact) mass is 366 g/mol. The fourth-order valence-corrected chi connectivity index (χ4v) is 4.36. The molecule has 2 amide bonds. The summed E-state index contributed by atoms with van der Waals surface area (Å²) in [4.78, 5) is 26.1. The number of hydrogen-bond donors (Lipinski definition) is 1. The average Bonchev–Trinajstić information content (AvgIpc) is 2.48. The van der Waals surface area contributed by atoms with E-state index >= 15 is 0 Å². The first-order valence-corrected chi connectivity index (χ1v) is 10.4. The van der Waals surface area contributed by atoms with Crippen LogP contribution in [0.5, 0.6) is 0 Å². The number of aryl methyl sites for hydroxylation is 1. The number of nitrogens with one attached hydrogen (secondary N) is 1. The molecular weight excluding hydrogens is 340 g/mol. The first kappa shape index (κ1) is 19.4. The molecule has 0 aromatic heterocycles. The van der Waals surface area contributed by atoms with Gasteiger partial charge in [0.25, 0.3) is 0 Å². The van der Waals surface area contributed by atoms with Crippen molar-refractivity contribution in [2.24, 2.45) is 0 Å². The van der Waals surface area contributed by atoms with Gasteiger partial charge in [-0.1, -0.05) is 17.7 Å². The van der Waals surface area contributed by atoms with Gasteiger partial charge in [-0.05, 0) is 52.2 Å². The highest BCUT2D eigenvalue weighted by Crippen LogP contribution is 2.22. The molecule has 1 fully saturated rings. The summed E-state index contributed by atoms with van der Waals surface area (Å²) in [7, 11) is -3.81. The normalized spacial score (nSPS) is 21.0. The molecule has 0 aliphatic carbocycles. The summed E-state index contributed by atoms with van der Waals surface area (Å²) in [5.41, 5.74) is 1.58. The summed E-state index contributed by atoms with van der Waals surface area (Å²) >= 11 is 0. The third-order valence-corrected chi connectivity index (χ3v) is 5.90. The maximum atomic E-state index is 12.4. The summed E-state index contributed by atoms with van der Waals surface area (Å²) < 4.78 is 24.5. The van der Waals surface area contributed by atoms with Gasteiger partial charge < -0.3 is 10.2 Å². The van der Waals surface area contributed by atoms with Gasteiger partial charge >= 0.3 is 0 Å². The number of piperidine rings is 1. The van der Waals surface area contributed by atoms with Crippen molar-refractivity contribution < 1.29 is 18.0 Å². The van der Waals surface area contributed by atoms with Crippen LogP contribution in [-0.2, 0) is 19.4 Å². The molecule has 2 unspecified atom stereocenters. The zero-order valence-electron chi connectivity index (χ0n) is 15.0. The second-order valence-electron chi connectivity index (χ2n) is 6.88. The van der Waals surface area contributed by atoms with Crippen LogP contribution in [-0.4, -0.2) is 48.7 Å². The molecule has 1 N–H and O–H groups in total. The quantitative estimate of drug-likeness (QED) is 0.865. The molecule has 138 valence electrons. The van der Waals surface area contributed by atoms with Gasteiger partial charge in [-0.3, -0.25) is 9.59 Å². The predicted molar refractivity (Wildman–Crippen MR) is 98.1 cm³/mol. The number of anilines is 1. The van der Waals surface area contributed by atoms with E-state index in [2.05, 4.69) is 5.32 Å². The fraction of sp³-hybridized carbons (Fsp3) is 0.556. The number of likely N-dealkylation sites (tertiary alicyclic amines) is 1. The molecule has 2 rings (SSSR count). The Morgan fingerprint density at radius 3 is 2.20 bits per heavy atom. The Hall–Kier alpha value is -1.89. The average molecular weight is 366 g/mol. The third kappa shape index (κ3) is 5.56. The second kappa shape index (κ2) is 7.99. The van der Waals surface area contributed by atoms with Crippen molar-refractivity contribution in [2.75, 3.05) is 16.8 Å². The first-order valence-electron chi connectivity index (χ1n) is 8.56. The molecule has 1 aromatic carbocycles. The Bertz CT molecular complexity index is 718. The summed E-state index contributed by atoms with van der Waals surface area (Å²) in [6, 6.07) is 7.14. The molecule has 1 heterocycles. The predicted octanol–water partition coefficient (Wildman–Crippen LogP) is 2.14. The van der Waals surface area contributed by atoms with E-state index in [1.807, 2.05) is 32.9 Å². The van der Waals surface area contributed by atoms with Gasteiger partial charge in [0.15, 0.2) is 9.84 Å². The number of hydrogen-bond acceptors (Lipinski definition) is 4. The van der Waals surface area contributed by atoms with Crippen LogP contribution in [0.25, 0.3) is 0 Å². The molecule has 7 heteroatoms. The highest BCUT2D eigenvalue weighted by Gasteiger charge is 2.32. The van der Waals surface area contributed by atoms with Crippen LogP contribution < -0.4 is 5.32 Å². The van der Waals surface area contributed by atoms with Crippen LogP contribution in [0.2, 0.25) is 0 Å². The van der Waals surface area contributed by atoms with Crippen molar-refractivity contribution in [3.8, 4) is 0 Å². The number of carbonyl (C=O) groups excluding carboxylic acids is 2. The molecule has 0 bridgehead atoms. The number of benzene rings is 1. The summed E-state index contributed by atoms with van der Waals surface area (Å²) in [6.45, 7) is 5.79. The number of nitrogens with zero attached hydrogens (tertiary/aromatic N) is 1. The molecule has 1 aliphatic heterocycles. The van der Waals surface area contributed by atoms with Crippen molar-refractivity contribution >= 4 is 27.3 Å². The van der Waals surface area contributed by atoms with E-state index in [-0.39, 0.29) is 12.1 Å². The van der Waals surface area contributed by atoms with Gasteiger partial charge in [0.1, 0.15) is 11.5 Å². The van der Waals surface area contributed by atoms with E-state index in [1.165, 1.54) is 0 Å². The van der Waals surface area contributed by atoms with Crippen LogP contribution in [0.4, 0.5) is 5.69 Å². The van der Waals surface area contributed by atoms with Crippen LogP contribution in [0.3, 0.4) is 0 Å². The Labute approximate surface area is 149 Å². The first-order chi connectivity index (χ1) is 11.7. The molecule has 25 heavy (non-hydrogen) atoms. The van der Waals surface area contributed by atoms with Gasteiger partial charge in [0.2, 0.25) is 11.8 Å². The van der Waals surface area contributed by atoms with E-state index < -0.39 is 33.2 Å². The Balaban J connectivity index is 1.95. The minimum Gasteiger partial charge on any atom is -0.336 e. The molecule has 0 spiro atoms. The van der Waals surface area contributed by atoms with Gasteiger partial charge in [-0.15, -0.1) is 0 Å². The number of amides is 2. The van der Waals surface area contributed by atoms with Gasteiger partial charge in [-0.25, -0.2) is 8.42 Å². The highest BCUT2D eigenvalue weighted by molar-refractivity contribution is 7.92. The second-order valence-corrected chi connectivity index (χ2v) is 8.94. The van der Waals surface area contributed by atoms with E-state index in [0.29, 0.717) is 5.69 Å². The molecular formula is C18H26N2O4S. The minimum absolute atomic E-state index is 0.0350. The van der Waals surface area contributed by atoms with E-state index in [9.17, 15) is 18.0 Å². The maximum absolute atomic E-state index is 12.4. The minimum atomic E-state index is -3.81. The topological polar surface area (TPSA) is 83.5 Å². The van der Waals surface area contributed by atoms with Gasteiger partial charge in [0.05, 0.1) is 0 Å². The lowest BCUT2D eigenvalue weighted by Gasteiger charge is -2.39. The molecule has 1 saturated heterocycles. The van der Waals surface area contributed by atoms with Crippen molar-refractivity contribution in [1.82, 2.24) is 4.90 Å². The summed E-state index contributed by atoms with van der Waals surface area (Å²) in [5, 5.41) is 2.55. The lowest BCUT2D eigenvalue weighted by Crippen LogP contribution is -2.50. The van der Waals surface area contributed by atoms with Crippen molar-refractivity contribution in [3.05, 3.63) is 29.8 Å².